The molecular formula is C23H27N3O4S2. The SMILES string of the molecule is CCOc1cccc2sc(N(Cc3ccccc3)C(=O)C3CCCN(S(C)(=O)=O)C3)nc12. The highest BCUT2D eigenvalue weighted by Gasteiger charge is 2.34. The Morgan fingerprint density at radius 1 is 1.22 bits per heavy atom. The summed E-state index contributed by atoms with van der Waals surface area (Å²) in [4.78, 5) is 20.2. The van der Waals surface area contributed by atoms with Gasteiger partial charge >= 0.3 is 0 Å². The van der Waals surface area contributed by atoms with Crippen molar-refractivity contribution in [3.05, 3.63) is 54.1 Å². The molecule has 4 rings (SSSR count). The van der Waals surface area contributed by atoms with E-state index in [0.29, 0.717) is 43.4 Å². The Morgan fingerprint density at radius 3 is 2.72 bits per heavy atom. The zero-order valence-electron chi connectivity index (χ0n) is 18.2. The lowest BCUT2D eigenvalue weighted by molar-refractivity contribution is -0.123. The molecule has 1 amide bonds. The monoisotopic (exact) mass is 473 g/mol. The van der Waals surface area contributed by atoms with Crippen molar-refractivity contribution in [3.63, 3.8) is 0 Å². The third-order valence-corrected chi connectivity index (χ3v) is 7.87. The maximum atomic E-state index is 13.7. The Kier molecular flexibility index (Phi) is 6.78. The van der Waals surface area contributed by atoms with Crippen molar-refractivity contribution in [1.29, 1.82) is 0 Å². The van der Waals surface area contributed by atoms with Gasteiger partial charge in [0.15, 0.2) is 5.13 Å². The van der Waals surface area contributed by atoms with E-state index in [-0.39, 0.29) is 12.5 Å². The van der Waals surface area contributed by atoms with Crippen LogP contribution in [0.2, 0.25) is 0 Å². The first-order valence-corrected chi connectivity index (χ1v) is 13.4. The second-order valence-electron chi connectivity index (χ2n) is 7.90. The van der Waals surface area contributed by atoms with Crippen molar-refractivity contribution in [3.8, 4) is 5.75 Å². The lowest BCUT2D eigenvalue weighted by atomic mass is 9.98. The molecule has 170 valence electrons. The van der Waals surface area contributed by atoms with E-state index in [9.17, 15) is 13.2 Å². The standard InChI is InChI=1S/C23H27N3O4S2/c1-3-30-19-12-7-13-20-21(19)24-23(31-20)26(15-17-9-5-4-6-10-17)22(27)18-11-8-14-25(16-18)32(2,28)29/h4-7,9-10,12-13,18H,3,8,11,14-16H2,1-2H3. The number of carbonyl (C=O) groups is 1. The van der Waals surface area contributed by atoms with Gasteiger partial charge in [0, 0.05) is 13.1 Å². The van der Waals surface area contributed by atoms with Crippen LogP contribution in [0.25, 0.3) is 10.2 Å². The molecule has 0 aliphatic carbocycles. The highest BCUT2D eigenvalue weighted by atomic mass is 32.2. The molecule has 1 aliphatic rings. The molecule has 9 heteroatoms. The van der Waals surface area contributed by atoms with Gasteiger partial charge in [0.1, 0.15) is 11.3 Å². The first-order chi connectivity index (χ1) is 15.4. The average Bonchev–Trinajstić information content (AvgIpc) is 3.22. The van der Waals surface area contributed by atoms with Gasteiger partial charge in [0.25, 0.3) is 0 Å². The third-order valence-electron chi connectivity index (χ3n) is 5.55. The highest BCUT2D eigenvalue weighted by molar-refractivity contribution is 7.88. The number of ether oxygens (including phenoxy) is 1. The number of fused-ring (bicyclic) bond motifs is 1. The number of anilines is 1. The van der Waals surface area contributed by atoms with E-state index in [1.807, 2.05) is 55.5 Å². The number of hydrogen-bond acceptors (Lipinski definition) is 6. The predicted octanol–water partition coefficient (Wildman–Crippen LogP) is 3.90. The van der Waals surface area contributed by atoms with Gasteiger partial charge < -0.3 is 4.74 Å². The van der Waals surface area contributed by atoms with Crippen molar-refractivity contribution in [2.75, 3.05) is 30.9 Å². The Labute approximate surface area is 192 Å². The quantitative estimate of drug-likeness (QED) is 0.520. The lowest BCUT2D eigenvalue weighted by Crippen LogP contribution is -2.46. The van der Waals surface area contributed by atoms with Gasteiger partial charge in [-0.25, -0.2) is 17.7 Å². The Hall–Kier alpha value is -2.49. The maximum Gasteiger partial charge on any atom is 0.233 e. The molecule has 0 N–H and O–H groups in total. The summed E-state index contributed by atoms with van der Waals surface area (Å²) in [5.74, 6) is 0.195. The molecule has 0 saturated carbocycles. The summed E-state index contributed by atoms with van der Waals surface area (Å²) in [6.45, 7) is 3.49. The fourth-order valence-electron chi connectivity index (χ4n) is 3.97. The van der Waals surface area contributed by atoms with Crippen molar-refractivity contribution in [2.45, 2.75) is 26.3 Å². The Balaban J connectivity index is 1.70. The smallest absolute Gasteiger partial charge is 0.233 e. The minimum atomic E-state index is -3.34. The van der Waals surface area contributed by atoms with Crippen LogP contribution in [0, 0.1) is 5.92 Å². The van der Waals surface area contributed by atoms with Gasteiger partial charge in [-0.15, -0.1) is 0 Å². The normalized spacial score (nSPS) is 17.4. The summed E-state index contributed by atoms with van der Waals surface area (Å²) in [5.41, 5.74) is 1.72. The summed E-state index contributed by atoms with van der Waals surface area (Å²) in [6.07, 6.45) is 2.52. The number of carbonyl (C=O) groups excluding carboxylic acids is 1. The predicted molar refractivity (Wildman–Crippen MR) is 128 cm³/mol. The van der Waals surface area contributed by atoms with Crippen molar-refractivity contribution < 1.29 is 17.9 Å². The van der Waals surface area contributed by atoms with Gasteiger partial charge in [-0.2, -0.15) is 0 Å². The van der Waals surface area contributed by atoms with Crippen LogP contribution in [0.4, 0.5) is 5.13 Å². The molecule has 1 unspecified atom stereocenters. The van der Waals surface area contributed by atoms with Crippen molar-refractivity contribution >= 4 is 42.6 Å². The van der Waals surface area contributed by atoms with Crippen LogP contribution in [0.3, 0.4) is 0 Å². The van der Waals surface area contributed by atoms with E-state index < -0.39 is 15.9 Å². The molecular weight excluding hydrogens is 446 g/mol. The number of piperidine rings is 1. The summed E-state index contributed by atoms with van der Waals surface area (Å²) in [6, 6.07) is 15.5. The Morgan fingerprint density at radius 2 is 2.00 bits per heavy atom. The molecule has 1 saturated heterocycles. The molecule has 1 fully saturated rings. The molecule has 0 radical (unpaired) electrons. The fraction of sp³-hybridized carbons (Fsp3) is 0.391. The molecule has 3 aromatic rings. The molecule has 1 aromatic heterocycles. The summed E-state index contributed by atoms with van der Waals surface area (Å²) in [7, 11) is -3.34. The largest absolute Gasteiger partial charge is 0.492 e. The van der Waals surface area contributed by atoms with Crippen molar-refractivity contribution in [2.24, 2.45) is 5.92 Å². The van der Waals surface area contributed by atoms with Gasteiger partial charge in [0.2, 0.25) is 15.9 Å². The second-order valence-corrected chi connectivity index (χ2v) is 10.9. The number of nitrogens with zero attached hydrogens (tertiary/aromatic N) is 3. The molecule has 2 heterocycles. The van der Waals surface area contributed by atoms with Crippen LogP contribution in [-0.2, 0) is 21.4 Å². The molecule has 0 spiro atoms. The van der Waals surface area contributed by atoms with E-state index in [0.717, 1.165) is 15.8 Å². The first-order valence-electron chi connectivity index (χ1n) is 10.7. The van der Waals surface area contributed by atoms with Crippen LogP contribution < -0.4 is 9.64 Å². The number of para-hydroxylation sites is 1. The van der Waals surface area contributed by atoms with E-state index in [4.69, 9.17) is 9.72 Å². The van der Waals surface area contributed by atoms with Crippen molar-refractivity contribution in [1.82, 2.24) is 9.29 Å². The van der Waals surface area contributed by atoms with Crippen LogP contribution in [-0.4, -0.2) is 49.6 Å². The number of hydrogen-bond donors (Lipinski definition) is 0. The molecule has 2 aromatic carbocycles. The van der Waals surface area contributed by atoms with Crippen LogP contribution in [0.1, 0.15) is 25.3 Å². The lowest BCUT2D eigenvalue weighted by Gasteiger charge is -2.33. The minimum absolute atomic E-state index is 0.0979. The highest BCUT2D eigenvalue weighted by Crippen LogP contribution is 2.36. The van der Waals surface area contributed by atoms with Gasteiger partial charge in [-0.05, 0) is 37.5 Å². The zero-order valence-corrected chi connectivity index (χ0v) is 19.9. The number of amides is 1. The summed E-state index contributed by atoms with van der Waals surface area (Å²) >= 11 is 1.45. The number of rotatable bonds is 7. The van der Waals surface area contributed by atoms with E-state index in [1.54, 1.807) is 4.90 Å². The van der Waals surface area contributed by atoms with Crippen LogP contribution >= 0.6 is 11.3 Å². The third kappa shape index (κ3) is 4.95. The van der Waals surface area contributed by atoms with E-state index in [1.165, 1.54) is 21.9 Å². The van der Waals surface area contributed by atoms with Gasteiger partial charge in [0.05, 0.1) is 30.0 Å². The molecule has 32 heavy (non-hydrogen) atoms. The maximum absolute atomic E-state index is 13.7. The fourth-order valence-corrected chi connectivity index (χ4v) is 5.87. The van der Waals surface area contributed by atoms with Gasteiger partial charge in [-0.3, -0.25) is 9.69 Å². The van der Waals surface area contributed by atoms with Gasteiger partial charge in [-0.1, -0.05) is 47.7 Å². The summed E-state index contributed by atoms with van der Waals surface area (Å²) < 4.78 is 32.2. The Bertz CT molecular complexity index is 1190. The number of benzene rings is 2. The van der Waals surface area contributed by atoms with E-state index >= 15 is 0 Å². The average molecular weight is 474 g/mol. The van der Waals surface area contributed by atoms with Crippen LogP contribution in [0.5, 0.6) is 5.75 Å². The van der Waals surface area contributed by atoms with Crippen LogP contribution in [0.15, 0.2) is 48.5 Å². The molecule has 1 aliphatic heterocycles. The molecule has 7 nitrogen and oxygen atoms in total. The first kappa shape index (κ1) is 22.7. The molecule has 0 bridgehead atoms. The summed E-state index contributed by atoms with van der Waals surface area (Å²) in [5, 5.41) is 0.595. The number of thiazole rings is 1. The number of aromatic nitrogens is 1. The molecule has 1 atom stereocenters. The second kappa shape index (κ2) is 9.56. The number of sulfonamides is 1. The minimum Gasteiger partial charge on any atom is -0.492 e. The topological polar surface area (TPSA) is 79.8 Å². The zero-order chi connectivity index (χ0) is 22.7. The van der Waals surface area contributed by atoms with E-state index in [2.05, 4.69) is 0 Å².